The number of rotatable bonds is 4. The van der Waals surface area contributed by atoms with E-state index in [4.69, 9.17) is 4.74 Å². The van der Waals surface area contributed by atoms with Crippen LogP contribution in [0.3, 0.4) is 0 Å². The quantitative estimate of drug-likeness (QED) is 0.838. The number of hydrogen-bond acceptors (Lipinski definition) is 3. The van der Waals surface area contributed by atoms with Crippen LogP contribution in [-0.4, -0.2) is 23.9 Å². The molecule has 0 aromatic heterocycles. The molecule has 0 spiro atoms. The van der Waals surface area contributed by atoms with E-state index in [0.29, 0.717) is 6.42 Å². The molecule has 2 N–H and O–H groups in total. The third-order valence-electron chi connectivity index (χ3n) is 3.54. The molecule has 2 unspecified atom stereocenters. The number of aliphatic hydroxyl groups excluding tert-OH is 1. The Balaban J connectivity index is 2.10. The minimum atomic E-state index is -0.423. The fraction of sp³-hybridized carbons (Fsp3) is 0.571. The Morgan fingerprint density at radius 2 is 2.18 bits per heavy atom. The minimum absolute atomic E-state index is 0.0284. The normalized spacial score (nSPS) is 21.3. The van der Waals surface area contributed by atoms with Crippen LogP contribution in [0.2, 0.25) is 0 Å². The van der Waals surface area contributed by atoms with Crippen molar-refractivity contribution in [2.45, 2.75) is 44.6 Å². The second-order valence-electron chi connectivity index (χ2n) is 5.29. The summed E-state index contributed by atoms with van der Waals surface area (Å²) in [5.41, 5.74) is 2.21. The van der Waals surface area contributed by atoms with Gasteiger partial charge in [0.2, 0.25) is 0 Å². The van der Waals surface area contributed by atoms with Gasteiger partial charge in [0, 0.05) is 20.1 Å². The molecule has 3 nitrogen and oxygen atoms in total. The molecule has 0 fully saturated rings. The first-order valence-electron chi connectivity index (χ1n) is 6.08. The maximum atomic E-state index is 10.3. The van der Waals surface area contributed by atoms with Gasteiger partial charge in [-0.3, -0.25) is 0 Å². The van der Waals surface area contributed by atoms with Crippen molar-refractivity contribution in [2.24, 2.45) is 0 Å². The number of benzene rings is 1. The lowest BCUT2D eigenvalue weighted by molar-refractivity contribution is -0.0277. The number of hydrogen-bond donors (Lipinski definition) is 2. The van der Waals surface area contributed by atoms with Gasteiger partial charge in [-0.15, -0.1) is 0 Å². The Bertz CT molecular complexity index is 390. The van der Waals surface area contributed by atoms with E-state index in [9.17, 15) is 5.11 Å². The highest BCUT2D eigenvalue weighted by Crippen LogP contribution is 2.31. The highest BCUT2D eigenvalue weighted by molar-refractivity contribution is 5.34. The van der Waals surface area contributed by atoms with Crippen molar-refractivity contribution in [3.8, 4) is 0 Å². The molecule has 0 saturated carbocycles. The van der Waals surface area contributed by atoms with Crippen molar-refractivity contribution in [1.82, 2.24) is 5.32 Å². The molecule has 0 amide bonds. The molecule has 0 bridgehead atoms. The maximum Gasteiger partial charge on any atom is 0.0762 e. The molecule has 3 heteroatoms. The van der Waals surface area contributed by atoms with Crippen molar-refractivity contribution >= 4 is 0 Å². The average molecular weight is 235 g/mol. The van der Waals surface area contributed by atoms with Gasteiger partial charge in [0.05, 0.1) is 17.7 Å². The summed E-state index contributed by atoms with van der Waals surface area (Å²) < 4.78 is 5.37. The second kappa shape index (κ2) is 4.77. The zero-order valence-electron chi connectivity index (χ0n) is 10.7. The van der Waals surface area contributed by atoms with Gasteiger partial charge in [-0.05, 0) is 25.0 Å². The number of aliphatic hydroxyl groups is 1. The first-order valence-corrected chi connectivity index (χ1v) is 6.08. The molecule has 1 aromatic rings. The molecule has 94 valence electrons. The molecular formula is C14H21NO2. The molecule has 1 aliphatic heterocycles. The first kappa shape index (κ1) is 12.6. The summed E-state index contributed by atoms with van der Waals surface area (Å²) >= 11 is 0. The van der Waals surface area contributed by atoms with Crippen molar-refractivity contribution in [3.63, 3.8) is 0 Å². The van der Waals surface area contributed by atoms with Crippen LogP contribution in [0.1, 0.15) is 37.4 Å². The van der Waals surface area contributed by atoms with Gasteiger partial charge in [-0.1, -0.05) is 24.3 Å². The average Bonchev–Trinajstić information content (AvgIpc) is 2.72. The molecule has 2 atom stereocenters. The van der Waals surface area contributed by atoms with E-state index in [0.717, 1.165) is 6.54 Å². The number of methoxy groups -OCH3 is 1. The molecule has 0 saturated heterocycles. The summed E-state index contributed by atoms with van der Waals surface area (Å²) in [6, 6.07) is 8.28. The Kier molecular flexibility index (Phi) is 3.52. The van der Waals surface area contributed by atoms with Gasteiger partial charge >= 0.3 is 0 Å². The maximum absolute atomic E-state index is 10.3. The van der Waals surface area contributed by atoms with Crippen LogP contribution < -0.4 is 5.32 Å². The Hall–Kier alpha value is -0.900. The first-order chi connectivity index (χ1) is 8.03. The molecule has 0 aliphatic carbocycles. The summed E-state index contributed by atoms with van der Waals surface area (Å²) in [6.45, 7) is 4.83. The monoisotopic (exact) mass is 235 g/mol. The minimum Gasteiger partial charge on any atom is -0.391 e. The van der Waals surface area contributed by atoms with Gasteiger partial charge in [-0.2, -0.15) is 0 Å². The van der Waals surface area contributed by atoms with Gasteiger partial charge in [0.15, 0.2) is 0 Å². The van der Waals surface area contributed by atoms with E-state index in [1.54, 1.807) is 7.11 Å². The van der Waals surface area contributed by atoms with Crippen LogP contribution in [-0.2, 0) is 11.3 Å². The van der Waals surface area contributed by atoms with E-state index in [1.165, 1.54) is 11.1 Å². The molecule has 0 radical (unpaired) electrons. The third-order valence-corrected chi connectivity index (χ3v) is 3.54. The fourth-order valence-corrected chi connectivity index (χ4v) is 2.38. The molecule has 17 heavy (non-hydrogen) atoms. The highest BCUT2D eigenvalue weighted by atomic mass is 16.5. The van der Waals surface area contributed by atoms with Crippen LogP contribution in [0.4, 0.5) is 0 Å². The predicted molar refractivity (Wildman–Crippen MR) is 67.7 cm³/mol. The standard InChI is InChI=1S/C14H21NO2/c1-14(2,17-3)8-12(16)13-11-7-5-4-6-10(11)9-15-13/h4-7,12-13,15-16H,8-9H2,1-3H3. The van der Waals surface area contributed by atoms with E-state index in [1.807, 2.05) is 26.0 Å². The van der Waals surface area contributed by atoms with E-state index in [-0.39, 0.29) is 11.6 Å². The zero-order valence-corrected chi connectivity index (χ0v) is 10.7. The number of ether oxygens (including phenoxy) is 1. The summed E-state index contributed by atoms with van der Waals surface area (Å²) in [5.74, 6) is 0. The van der Waals surface area contributed by atoms with Crippen molar-refractivity contribution in [1.29, 1.82) is 0 Å². The van der Waals surface area contributed by atoms with Crippen molar-refractivity contribution in [2.75, 3.05) is 7.11 Å². The summed E-state index contributed by atoms with van der Waals surface area (Å²) in [6.07, 6.45) is 0.198. The lowest BCUT2D eigenvalue weighted by atomic mass is 9.92. The molecule has 2 rings (SSSR count). The smallest absolute Gasteiger partial charge is 0.0762 e. The number of nitrogens with one attached hydrogen (secondary N) is 1. The fourth-order valence-electron chi connectivity index (χ4n) is 2.38. The van der Waals surface area contributed by atoms with Crippen LogP contribution >= 0.6 is 0 Å². The molecule has 1 aliphatic rings. The van der Waals surface area contributed by atoms with E-state index < -0.39 is 6.10 Å². The van der Waals surface area contributed by atoms with Gasteiger partial charge < -0.3 is 15.2 Å². The lowest BCUT2D eigenvalue weighted by Gasteiger charge is -2.29. The van der Waals surface area contributed by atoms with Crippen molar-refractivity contribution < 1.29 is 9.84 Å². The van der Waals surface area contributed by atoms with Crippen LogP contribution in [0.15, 0.2) is 24.3 Å². The van der Waals surface area contributed by atoms with Gasteiger partial charge in [0.1, 0.15) is 0 Å². The Morgan fingerprint density at radius 3 is 2.88 bits per heavy atom. The third kappa shape index (κ3) is 2.68. The largest absolute Gasteiger partial charge is 0.391 e. The zero-order chi connectivity index (χ0) is 12.5. The van der Waals surface area contributed by atoms with Crippen molar-refractivity contribution in [3.05, 3.63) is 35.4 Å². The summed E-state index contributed by atoms with van der Waals surface area (Å²) in [4.78, 5) is 0. The molecule has 1 aromatic carbocycles. The predicted octanol–water partition coefficient (Wildman–Crippen LogP) is 2.01. The van der Waals surface area contributed by atoms with Crippen LogP contribution in [0, 0.1) is 0 Å². The topological polar surface area (TPSA) is 41.5 Å². The van der Waals surface area contributed by atoms with Crippen LogP contribution in [0.5, 0.6) is 0 Å². The van der Waals surface area contributed by atoms with Gasteiger partial charge in [-0.25, -0.2) is 0 Å². The van der Waals surface area contributed by atoms with Crippen LogP contribution in [0.25, 0.3) is 0 Å². The molecular weight excluding hydrogens is 214 g/mol. The summed E-state index contributed by atoms with van der Waals surface area (Å²) in [7, 11) is 1.68. The highest BCUT2D eigenvalue weighted by Gasteiger charge is 2.32. The summed E-state index contributed by atoms with van der Waals surface area (Å²) in [5, 5.41) is 13.7. The van der Waals surface area contributed by atoms with E-state index in [2.05, 4.69) is 17.4 Å². The van der Waals surface area contributed by atoms with E-state index >= 15 is 0 Å². The SMILES string of the molecule is COC(C)(C)CC(O)C1NCc2ccccc21. The molecule has 1 heterocycles. The lowest BCUT2D eigenvalue weighted by Crippen LogP contribution is -2.35. The van der Waals surface area contributed by atoms with Gasteiger partial charge in [0.25, 0.3) is 0 Å². The Morgan fingerprint density at radius 1 is 1.47 bits per heavy atom. The second-order valence-corrected chi connectivity index (χ2v) is 5.29. The Labute approximate surface area is 103 Å². The number of fused-ring (bicyclic) bond motifs is 1.